The second-order valence-corrected chi connectivity index (χ2v) is 10.6. The first-order valence-corrected chi connectivity index (χ1v) is 13.6. The maximum absolute atomic E-state index is 13.3. The zero-order valence-corrected chi connectivity index (χ0v) is 21.9. The molecule has 0 unspecified atom stereocenters. The van der Waals surface area contributed by atoms with Gasteiger partial charge in [0.05, 0.1) is 11.7 Å². The Morgan fingerprint density at radius 2 is 1.75 bits per heavy atom. The Bertz CT molecular complexity index is 989. The highest BCUT2D eigenvalue weighted by Gasteiger charge is 2.29. The lowest BCUT2D eigenvalue weighted by Crippen LogP contribution is -2.41. The maximum Gasteiger partial charge on any atom is 0.257 e. The van der Waals surface area contributed by atoms with Crippen LogP contribution in [0.25, 0.3) is 0 Å². The van der Waals surface area contributed by atoms with Gasteiger partial charge in [-0.15, -0.1) is 0 Å². The van der Waals surface area contributed by atoms with E-state index in [1.807, 2.05) is 30.1 Å². The third kappa shape index (κ3) is 6.87. The number of nitrogens with zero attached hydrogens (tertiary/aromatic N) is 2. The summed E-state index contributed by atoms with van der Waals surface area (Å²) >= 11 is 0. The lowest BCUT2D eigenvalue weighted by molar-refractivity contribution is -0.0165. The molecule has 1 aliphatic carbocycles. The Morgan fingerprint density at radius 1 is 0.972 bits per heavy atom. The summed E-state index contributed by atoms with van der Waals surface area (Å²) in [7, 11) is 1.87. The van der Waals surface area contributed by atoms with Crippen LogP contribution in [0.5, 0.6) is 5.75 Å². The van der Waals surface area contributed by atoms with E-state index < -0.39 is 12.2 Å². The summed E-state index contributed by atoms with van der Waals surface area (Å²) in [5.74, 6) is 0.539. The van der Waals surface area contributed by atoms with Crippen molar-refractivity contribution in [3.63, 3.8) is 0 Å². The molecule has 1 heterocycles. The van der Waals surface area contributed by atoms with Gasteiger partial charge in [-0.2, -0.15) is 0 Å². The molecule has 2 atom stereocenters. The minimum Gasteiger partial charge on any atom is -0.490 e. The molecule has 2 aromatic carbocycles. The summed E-state index contributed by atoms with van der Waals surface area (Å²) < 4.78 is 6.11. The quantitative estimate of drug-likeness (QED) is 0.662. The number of aliphatic hydroxyl groups excluding tert-OH is 2. The minimum atomic E-state index is -1.02. The van der Waals surface area contributed by atoms with Crippen LogP contribution in [0.2, 0.25) is 0 Å². The van der Waals surface area contributed by atoms with Crippen molar-refractivity contribution in [3.8, 4) is 5.75 Å². The van der Waals surface area contributed by atoms with Crippen molar-refractivity contribution in [2.24, 2.45) is 0 Å². The zero-order valence-electron chi connectivity index (χ0n) is 21.9. The molecule has 1 fully saturated rings. The van der Waals surface area contributed by atoms with E-state index in [4.69, 9.17) is 4.74 Å². The van der Waals surface area contributed by atoms with Crippen LogP contribution in [0.4, 0.5) is 0 Å². The molecular weight excluding hydrogens is 452 g/mol. The predicted molar refractivity (Wildman–Crippen MR) is 142 cm³/mol. The Balaban J connectivity index is 1.47. The Kier molecular flexibility index (Phi) is 9.41. The average Bonchev–Trinajstić information content (AvgIpc) is 2.84. The molecule has 6 nitrogen and oxygen atoms in total. The number of amides is 1. The number of aryl methyl sites for hydroxylation is 2. The van der Waals surface area contributed by atoms with Gasteiger partial charge in [0.15, 0.2) is 0 Å². The summed E-state index contributed by atoms with van der Waals surface area (Å²) in [6.45, 7) is 4.55. The summed E-state index contributed by atoms with van der Waals surface area (Å²) in [6, 6.07) is 14.7. The number of ether oxygens (including phenoxy) is 1. The molecule has 6 heteroatoms. The van der Waals surface area contributed by atoms with Gasteiger partial charge in [-0.05, 0) is 75.6 Å². The predicted octanol–water partition coefficient (Wildman–Crippen LogP) is 4.34. The fourth-order valence-electron chi connectivity index (χ4n) is 5.09. The van der Waals surface area contributed by atoms with E-state index in [-0.39, 0.29) is 12.5 Å². The molecule has 0 radical (unpaired) electrons. The maximum atomic E-state index is 13.3. The second-order valence-electron chi connectivity index (χ2n) is 10.6. The van der Waals surface area contributed by atoms with Crippen molar-refractivity contribution in [2.75, 3.05) is 26.7 Å². The van der Waals surface area contributed by atoms with Gasteiger partial charge >= 0.3 is 0 Å². The number of para-hydroxylation sites is 1. The smallest absolute Gasteiger partial charge is 0.257 e. The average molecular weight is 495 g/mol. The van der Waals surface area contributed by atoms with Gasteiger partial charge < -0.3 is 19.8 Å². The SMILES string of the molecule is Cc1ccc(CN2CCCCCc3cccc(C(=O)N(C)C4CCC4)c3OC[C@@H](O)[C@@H](O)CC2)cc1. The number of carbonyl (C=O) groups is 1. The highest BCUT2D eigenvalue weighted by molar-refractivity contribution is 5.97. The van der Waals surface area contributed by atoms with E-state index >= 15 is 0 Å². The lowest BCUT2D eigenvalue weighted by Gasteiger charge is -2.35. The topological polar surface area (TPSA) is 73.2 Å². The largest absolute Gasteiger partial charge is 0.490 e. The Labute approximate surface area is 215 Å². The van der Waals surface area contributed by atoms with Gasteiger partial charge in [0.1, 0.15) is 18.5 Å². The summed E-state index contributed by atoms with van der Waals surface area (Å²) in [5.41, 5.74) is 4.06. The van der Waals surface area contributed by atoms with Gasteiger partial charge in [0, 0.05) is 26.2 Å². The van der Waals surface area contributed by atoms with Gasteiger partial charge in [0.25, 0.3) is 5.91 Å². The zero-order chi connectivity index (χ0) is 25.5. The Morgan fingerprint density at radius 3 is 2.47 bits per heavy atom. The molecular formula is C30H42N2O4. The minimum absolute atomic E-state index is 0.0283. The number of aliphatic hydroxyl groups is 2. The standard InChI is InChI=1S/C30H42N2O4/c1-22-13-15-23(16-14-22)20-32-18-5-3-4-8-24-9-6-12-26(30(35)31(2)25-10-7-11-25)29(24)36-21-28(34)27(33)17-19-32/h6,9,12-16,25,27-28,33-34H,3-5,7-8,10-11,17-21H2,1-2H3/t27-,28+/m0/s1. The van der Waals surface area contributed by atoms with E-state index in [2.05, 4.69) is 36.1 Å². The van der Waals surface area contributed by atoms with Crippen LogP contribution in [0, 0.1) is 6.92 Å². The van der Waals surface area contributed by atoms with E-state index in [1.54, 1.807) is 0 Å². The molecule has 36 heavy (non-hydrogen) atoms. The molecule has 0 spiro atoms. The number of benzene rings is 2. The van der Waals surface area contributed by atoms with Crippen LogP contribution in [0.1, 0.15) is 72.0 Å². The van der Waals surface area contributed by atoms with E-state index in [0.29, 0.717) is 30.3 Å². The van der Waals surface area contributed by atoms with E-state index in [1.165, 1.54) is 11.1 Å². The Hall–Kier alpha value is -2.41. The number of hydrogen-bond donors (Lipinski definition) is 2. The third-order valence-corrected chi connectivity index (χ3v) is 7.80. The fourth-order valence-corrected chi connectivity index (χ4v) is 5.09. The van der Waals surface area contributed by atoms with Crippen LogP contribution in [0.15, 0.2) is 42.5 Å². The van der Waals surface area contributed by atoms with Crippen molar-refractivity contribution < 1.29 is 19.7 Å². The molecule has 0 saturated heterocycles. The monoisotopic (exact) mass is 494 g/mol. The molecule has 4 rings (SSSR count). The highest BCUT2D eigenvalue weighted by atomic mass is 16.5. The molecule has 2 N–H and O–H groups in total. The van der Waals surface area contributed by atoms with Gasteiger partial charge in [-0.1, -0.05) is 48.4 Å². The number of hydrogen-bond acceptors (Lipinski definition) is 5. The first-order chi connectivity index (χ1) is 17.4. The summed E-state index contributed by atoms with van der Waals surface area (Å²) in [5, 5.41) is 21.4. The summed E-state index contributed by atoms with van der Waals surface area (Å²) in [6.07, 6.45) is 5.78. The lowest BCUT2D eigenvalue weighted by atomic mass is 9.91. The first kappa shape index (κ1) is 26.6. The molecule has 1 saturated carbocycles. The molecule has 2 aromatic rings. The number of fused-ring (bicyclic) bond motifs is 1. The normalized spacial score (nSPS) is 22.6. The molecule has 196 valence electrons. The molecule has 2 aliphatic rings. The van der Waals surface area contributed by atoms with Crippen molar-refractivity contribution >= 4 is 5.91 Å². The second kappa shape index (κ2) is 12.7. The van der Waals surface area contributed by atoms with Crippen molar-refractivity contribution in [2.45, 2.75) is 83.1 Å². The van der Waals surface area contributed by atoms with E-state index in [9.17, 15) is 15.0 Å². The van der Waals surface area contributed by atoms with Crippen LogP contribution in [-0.4, -0.2) is 70.9 Å². The van der Waals surface area contributed by atoms with Crippen LogP contribution >= 0.6 is 0 Å². The summed E-state index contributed by atoms with van der Waals surface area (Å²) in [4.78, 5) is 17.5. The highest BCUT2D eigenvalue weighted by Crippen LogP contribution is 2.31. The molecule has 1 amide bonds. The van der Waals surface area contributed by atoms with Crippen molar-refractivity contribution in [3.05, 3.63) is 64.7 Å². The fraction of sp³-hybridized carbons (Fsp3) is 0.567. The molecule has 0 bridgehead atoms. The van der Waals surface area contributed by atoms with Gasteiger partial charge in [-0.25, -0.2) is 0 Å². The number of carbonyl (C=O) groups excluding carboxylic acids is 1. The van der Waals surface area contributed by atoms with Crippen molar-refractivity contribution in [1.29, 1.82) is 0 Å². The molecule has 0 aromatic heterocycles. The van der Waals surface area contributed by atoms with E-state index in [0.717, 1.165) is 63.6 Å². The van der Waals surface area contributed by atoms with Crippen molar-refractivity contribution in [1.82, 2.24) is 9.80 Å². The van der Waals surface area contributed by atoms with Gasteiger partial charge in [-0.3, -0.25) is 9.69 Å². The third-order valence-electron chi connectivity index (χ3n) is 7.80. The van der Waals surface area contributed by atoms with Crippen LogP contribution < -0.4 is 4.74 Å². The van der Waals surface area contributed by atoms with Crippen LogP contribution in [-0.2, 0) is 13.0 Å². The van der Waals surface area contributed by atoms with Gasteiger partial charge in [0.2, 0.25) is 0 Å². The first-order valence-electron chi connectivity index (χ1n) is 13.6. The number of rotatable bonds is 4. The van der Waals surface area contributed by atoms with Crippen LogP contribution in [0.3, 0.4) is 0 Å². The molecule has 1 aliphatic heterocycles.